The lowest BCUT2D eigenvalue weighted by molar-refractivity contribution is -0.384. The Morgan fingerprint density at radius 3 is 2.86 bits per heavy atom. The van der Waals surface area contributed by atoms with Crippen LogP contribution in [0.1, 0.15) is 25.7 Å². The number of anilines is 1. The van der Waals surface area contributed by atoms with Gasteiger partial charge in [-0.3, -0.25) is 14.9 Å². The highest BCUT2D eigenvalue weighted by Gasteiger charge is 2.13. The fraction of sp³-hybridized carbons (Fsp3) is 0.308. The van der Waals surface area contributed by atoms with E-state index in [1.165, 1.54) is 18.2 Å². The van der Waals surface area contributed by atoms with Crippen LogP contribution < -0.4 is 5.32 Å². The Bertz CT molecular complexity index is 686. The predicted octanol–water partition coefficient (Wildman–Crippen LogP) is 2.83. The number of nitrogens with one attached hydrogen (secondary N) is 1. The van der Waals surface area contributed by atoms with Crippen LogP contribution in [0.25, 0.3) is 0 Å². The molecular weight excluding hydrogens is 308 g/mol. The summed E-state index contributed by atoms with van der Waals surface area (Å²) in [5.74, 6) is 0.402. The molecule has 0 aliphatic rings. The van der Waals surface area contributed by atoms with E-state index < -0.39 is 4.92 Å². The number of benzene rings is 1. The summed E-state index contributed by atoms with van der Waals surface area (Å²) >= 11 is 1.11. The Balaban J connectivity index is 1.90. The molecule has 2 rings (SSSR count). The van der Waals surface area contributed by atoms with Gasteiger partial charge in [-0.25, -0.2) is 0 Å². The van der Waals surface area contributed by atoms with E-state index >= 15 is 0 Å². The molecule has 0 radical (unpaired) electrons. The highest BCUT2D eigenvalue weighted by molar-refractivity contribution is 7.99. The van der Waals surface area contributed by atoms with E-state index in [9.17, 15) is 14.9 Å². The van der Waals surface area contributed by atoms with Crippen molar-refractivity contribution in [1.29, 1.82) is 0 Å². The molecule has 0 bridgehead atoms. The topological polar surface area (TPSA) is 111 Å². The van der Waals surface area contributed by atoms with Gasteiger partial charge in [0, 0.05) is 23.7 Å². The van der Waals surface area contributed by atoms with Gasteiger partial charge < -0.3 is 9.73 Å². The third kappa shape index (κ3) is 4.29. The quantitative estimate of drug-likeness (QED) is 0.494. The maximum atomic E-state index is 11.8. The average molecular weight is 322 g/mol. The first-order valence-corrected chi connectivity index (χ1v) is 7.45. The molecule has 0 saturated carbocycles. The zero-order valence-corrected chi connectivity index (χ0v) is 12.8. The molecular formula is C13H14N4O4S. The monoisotopic (exact) mass is 322 g/mol. The smallest absolute Gasteiger partial charge is 0.277 e. The van der Waals surface area contributed by atoms with E-state index in [4.69, 9.17) is 4.42 Å². The molecule has 0 spiro atoms. The molecule has 2 aromatic rings. The van der Waals surface area contributed by atoms with E-state index in [0.29, 0.717) is 16.8 Å². The number of non-ortho nitro benzene ring substituents is 1. The lowest BCUT2D eigenvalue weighted by Crippen LogP contribution is -2.14. The minimum Gasteiger partial charge on any atom is -0.416 e. The largest absolute Gasteiger partial charge is 0.416 e. The van der Waals surface area contributed by atoms with Crippen LogP contribution in [0, 0.1) is 10.1 Å². The van der Waals surface area contributed by atoms with Gasteiger partial charge in [-0.15, -0.1) is 10.2 Å². The Morgan fingerprint density at radius 2 is 2.23 bits per heavy atom. The Labute approximate surface area is 130 Å². The minimum atomic E-state index is -0.518. The molecule has 0 unspecified atom stereocenters. The van der Waals surface area contributed by atoms with Crippen LogP contribution in [0.5, 0.6) is 0 Å². The van der Waals surface area contributed by atoms with Gasteiger partial charge in [0.15, 0.2) is 0 Å². The summed E-state index contributed by atoms with van der Waals surface area (Å²) in [6, 6.07) is 5.75. The standard InChI is InChI=1S/C13H14N4O4S/c1-8(2)12-15-16-13(21-12)22-7-11(18)14-9-4-3-5-10(6-9)17(19)20/h3-6,8H,7H2,1-2H3,(H,14,18). The van der Waals surface area contributed by atoms with Crippen molar-refractivity contribution in [3.05, 3.63) is 40.3 Å². The molecule has 1 heterocycles. The molecule has 1 aromatic carbocycles. The molecule has 0 aliphatic carbocycles. The van der Waals surface area contributed by atoms with Gasteiger partial charge >= 0.3 is 0 Å². The SMILES string of the molecule is CC(C)c1nnc(SCC(=O)Nc2cccc([N+](=O)[O-])c2)o1. The second kappa shape index (κ2) is 7.03. The van der Waals surface area contributed by atoms with Crippen LogP contribution in [0.3, 0.4) is 0 Å². The van der Waals surface area contributed by atoms with E-state index in [2.05, 4.69) is 15.5 Å². The summed E-state index contributed by atoms with van der Waals surface area (Å²) in [4.78, 5) is 22.0. The van der Waals surface area contributed by atoms with Crippen LogP contribution >= 0.6 is 11.8 Å². The Hall–Kier alpha value is -2.42. The molecule has 22 heavy (non-hydrogen) atoms. The summed E-state index contributed by atoms with van der Waals surface area (Å²) in [5.41, 5.74) is 0.289. The second-order valence-corrected chi connectivity index (χ2v) is 5.63. The number of amides is 1. The minimum absolute atomic E-state index is 0.0718. The van der Waals surface area contributed by atoms with Crippen molar-refractivity contribution in [3.63, 3.8) is 0 Å². The molecule has 0 fully saturated rings. The van der Waals surface area contributed by atoms with Gasteiger partial charge in [-0.05, 0) is 6.07 Å². The van der Waals surface area contributed by atoms with E-state index in [1.54, 1.807) is 6.07 Å². The van der Waals surface area contributed by atoms with Crippen molar-refractivity contribution in [2.45, 2.75) is 25.0 Å². The van der Waals surface area contributed by atoms with Crippen LogP contribution in [-0.2, 0) is 4.79 Å². The molecule has 1 amide bonds. The van der Waals surface area contributed by atoms with Crippen LogP contribution in [0.4, 0.5) is 11.4 Å². The van der Waals surface area contributed by atoms with Gasteiger partial charge in [-0.1, -0.05) is 31.7 Å². The van der Waals surface area contributed by atoms with E-state index in [1.807, 2.05) is 13.8 Å². The fourth-order valence-electron chi connectivity index (χ4n) is 1.53. The predicted molar refractivity (Wildman–Crippen MR) is 80.8 cm³/mol. The van der Waals surface area contributed by atoms with Crippen LogP contribution in [0.15, 0.2) is 33.9 Å². The third-order valence-corrected chi connectivity index (χ3v) is 3.40. The van der Waals surface area contributed by atoms with Crippen molar-refractivity contribution in [3.8, 4) is 0 Å². The Kier molecular flexibility index (Phi) is 5.10. The van der Waals surface area contributed by atoms with Crippen molar-refractivity contribution in [2.75, 3.05) is 11.1 Å². The third-order valence-electron chi connectivity index (χ3n) is 2.58. The fourth-order valence-corrected chi connectivity index (χ4v) is 2.10. The van der Waals surface area contributed by atoms with Crippen molar-refractivity contribution in [2.24, 2.45) is 0 Å². The second-order valence-electron chi connectivity index (χ2n) is 4.71. The van der Waals surface area contributed by atoms with Gasteiger partial charge in [-0.2, -0.15) is 0 Å². The summed E-state index contributed by atoms with van der Waals surface area (Å²) in [5, 5.41) is 21.3. The molecule has 116 valence electrons. The molecule has 1 aromatic heterocycles. The molecule has 0 atom stereocenters. The van der Waals surface area contributed by atoms with Gasteiger partial charge in [0.2, 0.25) is 11.8 Å². The number of hydrogen-bond acceptors (Lipinski definition) is 7. The number of thioether (sulfide) groups is 1. The van der Waals surface area contributed by atoms with Crippen molar-refractivity contribution in [1.82, 2.24) is 10.2 Å². The molecule has 9 heteroatoms. The summed E-state index contributed by atoms with van der Waals surface area (Å²) < 4.78 is 5.37. The van der Waals surface area contributed by atoms with Gasteiger partial charge in [0.25, 0.3) is 10.9 Å². The number of rotatable bonds is 6. The number of carbonyl (C=O) groups is 1. The van der Waals surface area contributed by atoms with Gasteiger partial charge in [0.1, 0.15) is 0 Å². The Morgan fingerprint density at radius 1 is 1.45 bits per heavy atom. The number of nitro benzene ring substituents is 1. The lowest BCUT2D eigenvalue weighted by Gasteiger charge is -2.03. The van der Waals surface area contributed by atoms with E-state index in [0.717, 1.165) is 11.8 Å². The maximum absolute atomic E-state index is 11.8. The first kappa shape index (κ1) is 16.0. The first-order chi connectivity index (χ1) is 10.5. The molecule has 0 saturated heterocycles. The number of aromatic nitrogens is 2. The first-order valence-electron chi connectivity index (χ1n) is 6.46. The average Bonchev–Trinajstić information content (AvgIpc) is 2.94. The lowest BCUT2D eigenvalue weighted by atomic mass is 10.2. The zero-order valence-electron chi connectivity index (χ0n) is 12.0. The van der Waals surface area contributed by atoms with Crippen LogP contribution in [-0.4, -0.2) is 26.8 Å². The molecule has 0 aliphatic heterocycles. The highest BCUT2D eigenvalue weighted by atomic mass is 32.2. The number of hydrogen-bond donors (Lipinski definition) is 1. The molecule has 1 N–H and O–H groups in total. The maximum Gasteiger partial charge on any atom is 0.277 e. The van der Waals surface area contributed by atoms with E-state index in [-0.39, 0.29) is 23.3 Å². The zero-order chi connectivity index (χ0) is 16.1. The summed E-state index contributed by atoms with van der Waals surface area (Å²) in [7, 11) is 0. The number of nitrogens with zero attached hydrogens (tertiary/aromatic N) is 3. The van der Waals surface area contributed by atoms with Crippen molar-refractivity contribution < 1.29 is 14.1 Å². The van der Waals surface area contributed by atoms with Gasteiger partial charge in [0.05, 0.1) is 10.7 Å². The summed E-state index contributed by atoms with van der Waals surface area (Å²) in [6.07, 6.45) is 0. The van der Waals surface area contributed by atoms with Crippen LogP contribution in [0.2, 0.25) is 0 Å². The highest BCUT2D eigenvalue weighted by Crippen LogP contribution is 2.21. The summed E-state index contributed by atoms with van der Waals surface area (Å²) in [6.45, 7) is 3.86. The normalized spacial score (nSPS) is 10.7. The molecule has 8 nitrogen and oxygen atoms in total. The number of nitro groups is 1. The number of carbonyl (C=O) groups excluding carboxylic acids is 1. The van der Waals surface area contributed by atoms with Crippen molar-refractivity contribution >= 4 is 29.0 Å².